The number of alkyl halides is 1. The van der Waals surface area contributed by atoms with Gasteiger partial charge in [0.25, 0.3) is 5.91 Å². The third kappa shape index (κ3) is 3.66. The number of fused-ring (bicyclic) bond motifs is 2. The second-order valence-corrected chi connectivity index (χ2v) is 7.28. The largest absolute Gasteiger partial charge is 0.321 e. The molecule has 1 aliphatic rings. The number of amides is 1. The van der Waals surface area contributed by atoms with Crippen molar-refractivity contribution in [2.75, 3.05) is 11.2 Å². The van der Waals surface area contributed by atoms with Gasteiger partial charge in [0.15, 0.2) is 17.3 Å². The fourth-order valence-corrected chi connectivity index (χ4v) is 3.70. The maximum Gasteiger partial charge on any atom is 0.258 e. The smallest absolute Gasteiger partial charge is 0.258 e. The SMILES string of the molecule is O=C(CCl)Cc1ccc2c(c1NC(=O)c1ccccc1F)C(=O)c1ccccc1C2=O. The maximum atomic E-state index is 14.1. The quantitative estimate of drug-likeness (QED) is 0.476. The van der Waals surface area contributed by atoms with Crippen molar-refractivity contribution < 1.29 is 23.6 Å². The first-order chi connectivity index (χ1) is 14.9. The van der Waals surface area contributed by atoms with Gasteiger partial charge in [0, 0.05) is 23.1 Å². The van der Waals surface area contributed by atoms with Crippen LogP contribution in [0.5, 0.6) is 0 Å². The highest BCUT2D eigenvalue weighted by Crippen LogP contribution is 2.35. The molecule has 7 heteroatoms. The number of anilines is 1. The molecule has 0 spiro atoms. The number of ketones is 3. The molecule has 0 atom stereocenters. The highest BCUT2D eigenvalue weighted by atomic mass is 35.5. The molecule has 3 aromatic rings. The highest BCUT2D eigenvalue weighted by Gasteiger charge is 2.33. The number of rotatable bonds is 5. The van der Waals surface area contributed by atoms with Crippen molar-refractivity contribution in [1.29, 1.82) is 0 Å². The van der Waals surface area contributed by atoms with Crippen LogP contribution in [-0.2, 0) is 11.2 Å². The van der Waals surface area contributed by atoms with Gasteiger partial charge >= 0.3 is 0 Å². The second-order valence-electron chi connectivity index (χ2n) is 7.01. The van der Waals surface area contributed by atoms with Crippen molar-refractivity contribution in [1.82, 2.24) is 0 Å². The van der Waals surface area contributed by atoms with Crippen LogP contribution in [0.15, 0.2) is 60.7 Å². The Morgan fingerprint density at radius 1 is 0.839 bits per heavy atom. The molecule has 31 heavy (non-hydrogen) atoms. The first kappa shape index (κ1) is 20.6. The summed E-state index contributed by atoms with van der Waals surface area (Å²) in [5.41, 5.74) is 0.637. The molecule has 0 aliphatic heterocycles. The number of hydrogen-bond acceptors (Lipinski definition) is 4. The van der Waals surface area contributed by atoms with Gasteiger partial charge in [-0.15, -0.1) is 11.6 Å². The van der Waals surface area contributed by atoms with Crippen LogP contribution in [0.3, 0.4) is 0 Å². The van der Waals surface area contributed by atoms with E-state index in [0.29, 0.717) is 5.56 Å². The summed E-state index contributed by atoms with van der Waals surface area (Å²) >= 11 is 5.63. The molecule has 5 nitrogen and oxygen atoms in total. The van der Waals surface area contributed by atoms with Crippen LogP contribution in [0.4, 0.5) is 10.1 Å². The molecular formula is C24H15ClFNO4. The number of nitrogens with one attached hydrogen (secondary N) is 1. The number of hydrogen-bond donors (Lipinski definition) is 1. The molecule has 0 bridgehead atoms. The summed E-state index contributed by atoms with van der Waals surface area (Å²) in [6.07, 6.45) is -0.160. The van der Waals surface area contributed by atoms with E-state index in [4.69, 9.17) is 11.6 Å². The van der Waals surface area contributed by atoms with Gasteiger partial charge in [0.05, 0.1) is 22.7 Å². The van der Waals surface area contributed by atoms with E-state index in [1.54, 1.807) is 18.2 Å². The molecule has 0 saturated carbocycles. The van der Waals surface area contributed by atoms with Crippen LogP contribution in [0.1, 0.15) is 47.8 Å². The van der Waals surface area contributed by atoms with Crippen LogP contribution in [0.25, 0.3) is 0 Å². The zero-order valence-electron chi connectivity index (χ0n) is 16.1. The summed E-state index contributed by atoms with van der Waals surface area (Å²) in [6, 6.07) is 14.7. The van der Waals surface area contributed by atoms with Crippen molar-refractivity contribution >= 4 is 40.5 Å². The molecule has 0 heterocycles. The van der Waals surface area contributed by atoms with Crippen LogP contribution in [-0.4, -0.2) is 29.1 Å². The van der Waals surface area contributed by atoms with E-state index in [2.05, 4.69) is 5.32 Å². The topological polar surface area (TPSA) is 80.3 Å². The Kier molecular flexibility index (Phi) is 5.48. The van der Waals surface area contributed by atoms with E-state index in [-0.39, 0.29) is 57.4 Å². The summed E-state index contributed by atoms with van der Waals surface area (Å²) in [4.78, 5) is 51.1. The fraction of sp³-hybridized carbons (Fsp3) is 0.0833. The Morgan fingerprint density at radius 3 is 2.16 bits per heavy atom. The minimum Gasteiger partial charge on any atom is -0.321 e. The fourth-order valence-electron chi connectivity index (χ4n) is 3.61. The summed E-state index contributed by atoms with van der Waals surface area (Å²) in [5.74, 6) is -2.97. The minimum atomic E-state index is -0.801. The zero-order valence-corrected chi connectivity index (χ0v) is 16.8. The number of benzene rings is 3. The number of carbonyl (C=O) groups excluding carboxylic acids is 4. The lowest BCUT2D eigenvalue weighted by molar-refractivity contribution is -0.116. The first-order valence-electron chi connectivity index (χ1n) is 9.40. The van der Waals surface area contributed by atoms with Crippen LogP contribution < -0.4 is 5.32 Å². The molecule has 0 saturated heterocycles. The van der Waals surface area contributed by atoms with Crippen LogP contribution >= 0.6 is 11.6 Å². The Bertz CT molecular complexity index is 1270. The lowest BCUT2D eigenvalue weighted by atomic mass is 9.81. The van der Waals surface area contributed by atoms with E-state index < -0.39 is 17.5 Å². The lowest BCUT2D eigenvalue weighted by Crippen LogP contribution is -2.25. The van der Waals surface area contributed by atoms with Crippen molar-refractivity contribution in [3.05, 3.63) is 99.9 Å². The van der Waals surface area contributed by atoms with E-state index in [9.17, 15) is 23.6 Å². The molecule has 154 valence electrons. The van der Waals surface area contributed by atoms with Gasteiger partial charge in [0.2, 0.25) is 0 Å². The van der Waals surface area contributed by atoms with E-state index in [0.717, 1.165) is 6.07 Å². The van der Waals surface area contributed by atoms with Gasteiger partial charge in [0.1, 0.15) is 5.82 Å². The molecule has 0 fully saturated rings. The third-order valence-corrected chi connectivity index (χ3v) is 5.37. The zero-order chi connectivity index (χ0) is 22.1. The molecule has 1 N–H and O–H groups in total. The monoisotopic (exact) mass is 435 g/mol. The van der Waals surface area contributed by atoms with Gasteiger partial charge < -0.3 is 5.32 Å². The molecule has 3 aromatic carbocycles. The minimum absolute atomic E-state index is 0.0112. The Morgan fingerprint density at radius 2 is 1.48 bits per heavy atom. The molecule has 1 amide bonds. The standard InChI is InChI=1S/C24H15ClFNO4/c25-12-14(28)11-13-9-10-18-20(23(30)16-6-2-1-5-15(16)22(18)29)21(13)27-24(31)17-7-3-4-8-19(17)26/h1-10H,11-12H2,(H,27,31). The van der Waals surface area contributed by atoms with E-state index in [1.165, 1.54) is 36.4 Å². The normalized spacial score (nSPS) is 12.2. The molecule has 0 aromatic heterocycles. The van der Waals surface area contributed by atoms with Crippen LogP contribution in [0.2, 0.25) is 0 Å². The Hall–Kier alpha value is -3.64. The first-order valence-corrected chi connectivity index (χ1v) is 9.93. The Labute approximate surface area is 181 Å². The Balaban J connectivity index is 1.88. The van der Waals surface area contributed by atoms with E-state index in [1.807, 2.05) is 0 Å². The van der Waals surface area contributed by atoms with Crippen molar-refractivity contribution in [2.45, 2.75) is 6.42 Å². The summed E-state index contributed by atoms with van der Waals surface area (Å²) in [7, 11) is 0. The summed E-state index contributed by atoms with van der Waals surface area (Å²) in [6.45, 7) is 0. The molecular weight excluding hydrogens is 421 g/mol. The molecule has 0 unspecified atom stereocenters. The maximum absolute atomic E-state index is 14.1. The van der Waals surface area contributed by atoms with Gasteiger partial charge in [-0.1, -0.05) is 42.5 Å². The highest BCUT2D eigenvalue weighted by molar-refractivity contribution is 6.31. The second kappa shape index (κ2) is 8.24. The average Bonchev–Trinajstić information content (AvgIpc) is 2.78. The number of halogens is 2. The van der Waals surface area contributed by atoms with Gasteiger partial charge in [-0.2, -0.15) is 0 Å². The van der Waals surface area contributed by atoms with Gasteiger partial charge in [-0.25, -0.2) is 4.39 Å². The number of Topliss-reactive ketones (excluding diaryl/α,β-unsaturated/α-hetero) is 1. The molecule has 0 radical (unpaired) electrons. The van der Waals surface area contributed by atoms with Gasteiger partial charge in [-0.3, -0.25) is 19.2 Å². The van der Waals surface area contributed by atoms with Crippen molar-refractivity contribution in [3.8, 4) is 0 Å². The summed E-state index contributed by atoms with van der Waals surface area (Å²) < 4.78 is 14.1. The average molecular weight is 436 g/mol. The van der Waals surface area contributed by atoms with Crippen LogP contribution in [0, 0.1) is 5.82 Å². The third-order valence-electron chi connectivity index (χ3n) is 5.07. The van der Waals surface area contributed by atoms with Gasteiger partial charge in [-0.05, 0) is 23.8 Å². The predicted molar refractivity (Wildman–Crippen MR) is 114 cm³/mol. The van der Waals surface area contributed by atoms with Crippen molar-refractivity contribution in [3.63, 3.8) is 0 Å². The lowest BCUT2D eigenvalue weighted by Gasteiger charge is -2.22. The predicted octanol–water partition coefficient (Wildman–Crippen LogP) is 4.20. The number of carbonyl (C=O) groups is 4. The summed E-state index contributed by atoms with van der Waals surface area (Å²) in [5, 5.41) is 2.56. The molecule has 4 rings (SSSR count). The molecule has 1 aliphatic carbocycles. The van der Waals surface area contributed by atoms with Crippen molar-refractivity contribution in [2.24, 2.45) is 0 Å². The van der Waals surface area contributed by atoms with E-state index >= 15 is 0 Å².